The zero-order valence-corrected chi connectivity index (χ0v) is 14.7. The highest BCUT2D eigenvalue weighted by Gasteiger charge is 2.26. The average molecular weight is 335 g/mol. The molecule has 1 fully saturated rings. The number of nitrogens with zero attached hydrogens (tertiary/aromatic N) is 3. The molecule has 1 aliphatic rings. The van der Waals surface area contributed by atoms with Crippen molar-refractivity contribution in [3.63, 3.8) is 0 Å². The van der Waals surface area contributed by atoms with E-state index >= 15 is 0 Å². The average Bonchev–Trinajstić information content (AvgIpc) is 2.52. The van der Waals surface area contributed by atoms with Gasteiger partial charge in [0.05, 0.1) is 0 Å². The summed E-state index contributed by atoms with van der Waals surface area (Å²) in [5.74, 6) is 0.560. The van der Waals surface area contributed by atoms with Gasteiger partial charge in [0.25, 0.3) is 0 Å². The fraction of sp³-hybridized carbons (Fsp3) is 0.647. The first-order valence-electron chi connectivity index (χ1n) is 8.17. The Morgan fingerprint density at radius 1 is 1.21 bits per heavy atom. The second-order valence-corrected chi connectivity index (χ2v) is 6.97. The van der Waals surface area contributed by atoms with Crippen molar-refractivity contribution in [2.24, 2.45) is 0 Å². The van der Waals surface area contributed by atoms with Gasteiger partial charge >= 0.3 is 12.1 Å². The lowest BCUT2D eigenvalue weighted by atomic mass is 9.91. The minimum absolute atomic E-state index is 0.348. The summed E-state index contributed by atoms with van der Waals surface area (Å²) in [6, 6.07) is 0. The second-order valence-electron chi connectivity index (χ2n) is 6.97. The third-order valence-corrected chi connectivity index (χ3v) is 3.76. The molecule has 1 aliphatic heterocycles. The van der Waals surface area contributed by atoms with Crippen molar-refractivity contribution in [3.05, 3.63) is 23.8 Å². The molecule has 0 aromatic carbocycles. The van der Waals surface area contributed by atoms with Crippen molar-refractivity contribution >= 4 is 12.1 Å². The maximum atomic E-state index is 12.0. The molecule has 1 aromatic rings. The Kier molecular flexibility index (Phi) is 5.75. The minimum Gasteiger partial charge on any atom is -0.457 e. The molecule has 2 rings (SSSR count). The van der Waals surface area contributed by atoms with Gasteiger partial charge in [-0.3, -0.25) is 0 Å². The van der Waals surface area contributed by atoms with Gasteiger partial charge in [0.2, 0.25) is 0 Å². The van der Waals surface area contributed by atoms with Gasteiger partial charge in [-0.1, -0.05) is 0 Å². The number of hydrogen-bond acceptors (Lipinski definition) is 6. The molecule has 0 unspecified atom stereocenters. The number of esters is 1. The van der Waals surface area contributed by atoms with E-state index in [0.717, 1.165) is 24.2 Å². The van der Waals surface area contributed by atoms with Crippen LogP contribution in [0.1, 0.15) is 50.9 Å². The number of aryl methyl sites for hydroxylation is 1. The third kappa shape index (κ3) is 5.47. The van der Waals surface area contributed by atoms with Gasteiger partial charge in [-0.25, -0.2) is 19.6 Å². The minimum atomic E-state index is -0.585. The Balaban J connectivity index is 1.76. The molecule has 0 aliphatic carbocycles. The fourth-order valence-electron chi connectivity index (χ4n) is 2.59. The van der Waals surface area contributed by atoms with Crippen LogP contribution in [0.25, 0.3) is 0 Å². The number of hydrogen-bond donors (Lipinski definition) is 0. The number of amides is 1. The van der Waals surface area contributed by atoms with E-state index in [9.17, 15) is 9.59 Å². The zero-order valence-electron chi connectivity index (χ0n) is 14.7. The highest BCUT2D eigenvalue weighted by molar-refractivity contribution is 5.76. The molecule has 1 saturated heterocycles. The van der Waals surface area contributed by atoms with E-state index in [1.165, 1.54) is 0 Å². The van der Waals surface area contributed by atoms with Crippen molar-refractivity contribution in [1.29, 1.82) is 0 Å². The lowest BCUT2D eigenvalue weighted by molar-refractivity contribution is -0.158. The largest absolute Gasteiger partial charge is 0.457 e. The van der Waals surface area contributed by atoms with Crippen LogP contribution in [-0.4, -0.2) is 52.2 Å². The van der Waals surface area contributed by atoms with Crippen LogP contribution in [0.4, 0.5) is 4.79 Å². The first-order chi connectivity index (χ1) is 11.2. The van der Waals surface area contributed by atoms with Crippen LogP contribution < -0.4 is 0 Å². The lowest BCUT2D eigenvalue weighted by Crippen LogP contribution is -2.39. The molecule has 0 atom stereocenters. The van der Waals surface area contributed by atoms with E-state index in [-0.39, 0.29) is 6.61 Å². The van der Waals surface area contributed by atoms with Gasteiger partial charge in [0, 0.05) is 25.5 Å². The summed E-state index contributed by atoms with van der Waals surface area (Å²) in [5.41, 5.74) is 0.514. The van der Waals surface area contributed by atoms with Crippen LogP contribution in [0.3, 0.4) is 0 Å². The Hall–Kier alpha value is -2.18. The van der Waals surface area contributed by atoms with Crippen molar-refractivity contribution in [2.75, 3.05) is 19.7 Å². The molecule has 1 amide bonds. The van der Waals surface area contributed by atoms with Crippen LogP contribution >= 0.6 is 0 Å². The zero-order chi connectivity index (χ0) is 17.7. The molecule has 132 valence electrons. The topological polar surface area (TPSA) is 81.6 Å². The quantitative estimate of drug-likeness (QED) is 0.789. The van der Waals surface area contributed by atoms with E-state index in [4.69, 9.17) is 9.47 Å². The smallest absolute Gasteiger partial charge is 0.410 e. The predicted octanol–water partition coefficient (Wildman–Crippen LogP) is 2.44. The Morgan fingerprint density at radius 3 is 2.33 bits per heavy atom. The van der Waals surface area contributed by atoms with Crippen LogP contribution in [-0.2, 0) is 14.3 Å². The van der Waals surface area contributed by atoms with Crippen LogP contribution in [0.5, 0.6) is 0 Å². The first-order valence-corrected chi connectivity index (χ1v) is 8.17. The van der Waals surface area contributed by atoms with Crippen LogP contribution in [0, 0.1) is 6.92 Å². The van der Waals surface area contributed by atoms with Gasteiger partial charge in [0.1, 0.15) is 11.4 Å². The van der Waals surface area contributed by atoms with Gasteiger partial charge in [0.15, 0.2) is 6.61 Å². The Morgan fingerprint density at radius 2 is 1.79 bits per heavy atom. The maximum Gasteiger partial charge on any atom is 0.410 e. The van der Waals surface area contributed by atoms with Crippen LogP contribution in [0.2, 0.25) is 0 Å². The van der Waals surface area contributed by atoms with E-state index in [0.29, 0.717) is 19.0 Å². The number of carbonyl (C=O) groups is 2. The summed E-state index contributed by atoms with van der Waals surface area (Å²) in [6.07, 6.45) is 4.88. The highest BCUT2D eigenvalue weighted by atomic mass is 16.6. The summed E-state index contributed by atoms with van der Waals surface area (Å²) in [6.45, 7) is 7.98. The van der Waals surface area contributed by atoms with Gasteiger partial charge < -0.3 is 14.4 Å². The van der Waals surface area contributed by atoms with Crippen molar-refractivity contribution in [1.82, 2.24) is 14.9 Å². The highest BCUT2D eigenvalue weighted by Crippen LogP contribution is 2.27. The molecular formula is C17H25N3O4. The number of ether oxygens (including phenoxy) is 2. The molecule has 7 nitrogen and oxygen atoms in total. The first kappa shape index (κ1) is 18.2. The summed E-state index contributed by atoms with van der Waals surface area (Å²) >= 11 is 0. The third-order valence-electron chi connectivity index (χ3n) is 3.76. The Labute approximate surface area is 142 Å². The number of carbonyl (C=O) groups excluding carboxylic acids is 2. The predicted molar refractivity (Wildman–Crippen MR) is 87.5 cm³/mol. The van der Waals surface area contributed by atoms with E-state index in [1.54, 1.807) is 25.7 Å². The molecule has 2 heterocycles. The molecule has 24 heavy (non-hydrogen) atoms. The van der Waals surface area contributed by atoms with Crippen molar-refractivity contribution in [3.8, 4) is 0 Å². The van der Waals surface area contributed by atoms with Gasteiger partial charge in [-0.05, 0) is 52.0 Å². The Bertz CT molecular complexity index is 572. The van der Waals surface area contributed by atoms with Gasteiger partial charge in [-0.15, -0.1) is 0 Å². The van der Waals surface area contributed by atoms with Crippen molar-refractivity contribution in [2.45, 2.75) is 52.1 Å². The maximum absolute atomic E-state index is 12.0. The molecule has 0 radical (unpaired) electrons. The molecule has 0 bridgehead atoms. The molecule has 0 N–H and O–H groups in total. The fourth-order valence-corrected chi connectivity index (χ4v) is 2.59. The number of piperidine rings is 1. The number of rotatable bonds is 3. The summed E-state index contributed by atoms with van der Waals surface area (Å²) in [7, 11) is 0. The summed E-state index contributed by atoms with van der Waals surface area (Å²) in [5, 5.41) is 0. The van der Waals surface area contributed by atoms with Gasteiger partial charge in [-0.2, -0.15) is 0 Å². The van der Waals surface area contributed by atoms with Crippen LogP contribution in [0.15, 0.2) is 12.4 Å². The molecule has 0 spiro atoms. The second kappa shape index (κ2) is 7.59. The molecule has 1 aromatic heterocycles. The molecule has 0 saturated carbocycles. The standard InChI is InChI=1S/C17H25N3O4/c1-12-18-9-14(10-19-12)13-5-7-20(8-6-13)16(22)23-11-15(21)24-17(2,3)4/h9-10,13H,5-8,11H2,1-4H3. The summed E-state index contributed by atoms with van der Waals surface area (Å²) in [4.78, 5) is 33.7. The SMILES string of the molecule is Cc1ncc(C2CCN(C(=O)OCC(=O)OC(C)(C)C)CC2)cn1. The number of likely N-dealkylation sites (tertiary alicyclic amines) is 1. The molecule has 7 heteroatoms. The normalized spacial score (nSPS) is 15.9. The lowest BCUT2D eigenvalue weighted by Gasteiger charge is -2.31. The number of aromatic nitrogens is 2. The van der Waals surface area contributed by atoms with Crippen molar-refractivity contribution < 1.29 is 19.1 Å². The van der Waals surface area contributed by atoms with E-state index in [1.807, 2.05) is 19.3 Å². The van der Waals surface area contributed by atoms with E-state index < -0.39 is 17.7 Å². The monoisotopic (exact) mass is 335 g/mol. The summed E-state index contributed by atoms with van der Waals surface area (Å²) < 4.78 is 10.1. The molecular weight excluding hydrogens is 310 g/mol. The van der Waals surface area contributed by atoms with E-state index in [2.05, 4.69) is 9.97 Å².